The average molecular weight is 248 g/mol. The van der Waals surface area contributed by atoms with E-state index in [1.54, 1.807) is 0 Å². The van der Waals surface area contributed by atoms with E-state index >= 15 is 0 Å². The van der Waals surface area contributed by atoms with Gasteiger partial charge in [-0.25, -0.2) is 4.98 Å². The van der Waals surface area contributed by atoms with Gasteiger partial charge in [-0.15, -0.1) is 0 Å². The van der Waals surface area contributed by atoms with E-state index in [2.05, 4.69) is 4.98 Å². The highest BCUT2D eigenvalue weighted by Gasteiger charge is 2.29. The minimum absolute atomic E-state index is 0.600. The highest BCUT2D eigenvalue weighted by molar-refractivity contribution is 6.30. The van der Waals surface area contributed by atoms with Crippen molar-refractivity contribution in [1.82, 2.24) is 9.55 Å². The highest BCUT2D eigenvalue weighted by Crippen LogP contribution is 2.41. The van der Waals surface area contributed by atoms with Gasteiger partial charge in [-0.2, -0.15) is 0 Å². The summed E-state index contributed by atoms with van der Waals surface area (Å²) in [5.74, 6) is 2.44. The first-order chi connectivity index (χ1) is 8.16. The van der Waals surface area contributed by atoms with Crippen LogP contribution in [-0.4, -0.2) is 9.55 Å². The van der Waals surface area contributed by atoms with Crippen LogP contribution in [0.4, 0.5) is 5.82 Å². The van der Waals surface area contributed by atoms with Gasteiger partial charge < -0.3 is 10.3 Å². The highest BCUT2D eigenvalue weighted by atomic mass is 35.5. The lowest BCUT2D eigenvalue weighted by atomic mass is 10.1. The van der Waals surface area contributed by atoms with Crippen molar-refractivity contribution in [1.29, 1.82) is 0 Å². The van der Waals surface area contributed by atoms with Crippen molar-refractivity contribution < 1.29 is 0 Å². The van der Waals surface area contributed by atoms with Gasteiger partial charge in [0.05, 0.1) is 0 Å². The quantitative estimate of drug-likeness (QED) is 0.886. The van der Waals surface area contributed by atoms with Gasteiger partial charge in [0.25, 0.3) is 0 Å². The van der Waals surface area contributed by atoms with Crippen LogP contribution in [0.25, 0.3) is 11.3 Å². The molecular weight excluding hydrogens is 234 g/mol. The fraction of sp³-hybridized carbons (Fsp3) is 0.308. The Labute approximate surface area is 105 Å². The number of imidazole rings is 1. The fourth-order valence-corrected chi connectivity index (χ4v) is 2.18. The molecule has 0 saturated heterocycles. The summed E-state index contributed by atoms with van der Waals surface area (Å²) in [4.78, 5) is 4.67. The largest absolute Gasteiger partial charge is 0.383 e. The third-order valence-electron chi connectivity index (χ3n) is 3.23. The third kappa shape index (κ3) is 1.80. The zero-order chi connectivity index (χ0) is 12.0. The molecule has 1 fully saturated rings. The summed E-state index contributed by atoms with van der Waals surface area (Å²) in [6.07, 6.45) is 2.45. The molecule has 1 aliphatic carbocycles. The zero-order valence-corrected chi connectivity index (χ0v) is 10.4. The van der Waals surface area contributed by atoms with E-state index in [0.29, 0.717) is 5.92 Å². The van der Waals surface area contributed by atoms with Gasteiger partial charge in [-0.1, -0.05) is 23.7 Å². The van der Waals surface area contributed by atoms with Gasteiger partial charge in [0.1, 0.15) is 17.3 Å². The van der Waals surface area contributed by atoms with Crippen LogP contribution in [0.3, 0.4) is 0 Å². The summed E-state index contributed by atoms with van der Waals surface area (Å²) in [5.41, 5.74) is 8.00. The molecule has 0 radical (unpaired) electrons. The smallest absolute Gasteiger partial charge is 0.131 e. The van der Waals surface area contributed by atoms with Crippen molar-refractivity contribution >= 4 is 17.4 Å². The van der Waals surface area contributed by atoms with Crippen LogP contribution in [0.5, 0.6) is 0 Å². The van der Waals surface area contributed by atoms with Crippen LogP contribution in [0.2, 0.25) is 5.02 Å². The maximum atomic E-state index is 6.11. The van der Waals surface area contributed by atoms with Crippen molar-refractivity contribution in [3.8, 4) is 11.3 Å². The van der Waals surface area contributed by atoms with E-state index in [-0.39, 0.29) is 0 Å². The lowest BCUT2D eigenvalue weighted by molar-refractivity contribution is 0.807. The molecule has 4 heteroatoms. The molecule has 0 atom stereocenters. The summed E-state index contributed by atoms with van der Waals surface area (Å²) in [6, 6.07) is 7.64. The number of anilines is 1. The predicted octanol–water partition coefficient (Wildman–Crippen LogP) is 3.20. The van der Waals surface area contributed by atoms with Crippen LogP contribution < -0.4 is 5.73 Å². The first kappa shape index (κ1) is 10.7. The number of hydrogen-bond acceptors (Lipinski definition) is 2. The van der Waals surface area contributed by atoms with E-state index in [1.165, 1.54) is 12.8 Å². The topological polar surface area (TPSA) is 43.8 Å². The second kappa shape index (κ2) is 3.77. The Bertz CT molecular complexity index is 553. The molecule has 0 aliphatic heterocycles. The lowest BCUT2D eigenvalue weighted by Gasteiger charge is -2.01. The summed E-state index contributed by atoms with van der Waals surface area (Å²) < 4.78 is 2.00. The predicted molar refractivity (Wildman–Crippen MR) is 70.0 cm³/mol. The summed E-state index contributed by atoms with van der Waals surface area (Å²) in [5, 5.41) is 0.727. The molecule has 17 heavy (non-hydrogen) atoms. The molecule has 1 heterocycles. The van der Waals surface area contributed by atoms with Crippen LogP contribution in [-0.2, 0) is 7.05 Å². The number of halogens is 1. The monoisotopic (exact) mass is 247 g/mol. The maximum Gasteiger partial charge on any atom is 0.131 e. The summed E-state index contributed by atoms with van der Waals surface area (Å²) in [6.45, 7) is 0. The fourth-order valence-electron chi connectivity index (χ4n) is 2.06. The normalized spacial score (nSPS) is 15.2. The lowest BCUT2D eigenvalue weighted by Crippen LogP contribution is -2.00. The number of nitrogens with two attached hydrogens (primary N) is 1. The Kier molecular flexibility index (Phi) is 2.37. The van der Waals surface area contributed by atoms with Crippen LogP contribution in [0.1, 0.15) is 24.6 Å². The Morgan fingerprint density at radius 2 is 1.94 bits per heavy atom. The van der Waals surface area contributed by atoms with Crippen molar-refractivity contribution in [2.24, 2.45) is 7.05 Å². The van der Waals surface area contributed by atoms with Crippen molar-refractivity contribution in [3.05, 3.63) is 35.1 Å². The molecule has 2 N–H and O–H groups in total. The van der Waals surface area contributed by atoms with Crippen molar-refractivity contribution in [2.45, 2.75) is 18.8 Å². The van der Waals surface area contributed by atoms with Gasteiger partial charge in [-0.3, -0.25) is 0 Å². The number of aromatic nitrogens is 2. The number of nitrogen functional groups attached to an aromatic ring is 1. The van der Waals surface area contributed by atoms with E-state index in [1.807, 2.05) is 35.9 Å². The molecule has 3 rings (SSSR count). The summed E-state index contributed by atoms with van der Waals surface area (Å²) in [7, 11) is 1.98. The van der Waals surface area contributed by atoms with Gasteiger partial charge in [0.15, 0.2) is 0 Å². The standard InChI is InChI=1S/C13H14ClN3/c1-17-12(15)11(16-13(17)9-2-3-9)8-4-6-10(14)7-5-8/h4-7,9H,2-3,15H2,1H3. The maximum absolute atomic E-state index is 6.11. The number of hydrogen-bond donors (Lipinski definition) is 1. The zero-order valence-electron chi connectivity index (χ0n) is 9.65. The minimum atomic E-state index is 0.600. The Hall–Kier alpha value is -1.48. The van der Waals surface area contributed by atoms with Gasteiger partial charge in [0.2, 0.25) is 0 Å². The van der Waals surface area contributed by atoms with E-state index in [0.717, 1.165) is 27.9 Å². The molecule has 0 unspecified atom stereocenters. The molecule has 1 aliphatic rings. The molecule has 0 amide bonds. The van der Waals surface area contributed by atoms with Crippen molar-refractivity contribution in [3.63, 3.8) is 0 Å². The number of nitrogens with zero attached hydrogens (tertiary/aromatic N) is 2. The molecule has 1 saturated carbocycles. The van der Waals surface area contributed by atoms with Gasteiger partial charge >= 0.3 is 0 Å². The molecule has 0 spiro atoms. The van der Waals surface area contributed by atoms with Crippen molar-refractivity contribution in [2.75, 3.05) is 5.73 Å². The summed E-state index contributed by atoms with van der Waals surface area (Å²) >= 11 is 5.88. The molecule has 1 aromatic heterocycles. The first-order valence-corrected chi connectivity index (χ1v) is 6.12. The molecule has 3 nitrogen and oxygen atoms in total. The molecular formula is C13H14ClN3. The Morgan fingerprint density at radius 3 is 2.53 bits per heavy atom. The molecule has 88 valence electrons. The SMILES string of the molecule is Cn1c(C2CC2)nc(-c2ccc(Cl)cc2)c1N. The van der Waals surface area contributed by atoms with Gasteiger partial charge in [0, 0.05) is 23.6 Å². The average Bonchev–Trinajstić information content (AvgIpc) is 3.11. The first-order valence-electron chi connectivity index (χ1n) is 5.75. The Morgan fingerprint density at radius 1 is 1.29 bits per heavy atom. The minimum Gasteiger partial charge on any atom is -0.383 e. The molecule has 2 aromatic rings. The Balaban J connectivity index is 2.08. The second-order valence-electron chi connectivity index (χ2n) is 4.54. The molecule has 1 aromatic carbocycles. The van der Waals surface area contributed by atoms with E-state index in [9.17, 15) is 0 Å². The molecule has 0 bridgehead atoms. The number of benzene rings is 1. The van der Waals surface area contributed by atoms with Crippen LogP contribution in [0, 0.1) is 0 Å². The van der Waals surface area contributed by atoms with Crippen LogP contribution in [0.15, 0.2) is 24.3 Å². The van der Waals surface area contributed by atoms with Gasteiger partial charge in [-0.05, 0) is 25.0 Å². The van der Waals surface area contributed by atoms with E-state index < -0.39 is 0 Å². The third-order valence-corrected chi connectivity index (χ3v) is 3.49. The van der Waals surface area contributed by atoms with E-state index in [4.69, 9.17) is 17.3 Å². The second-order valence-corrected chi connectivity index (χ2v) is 4.98. The number of rotatable bonds is 2. The van der Waals surface area contributed by atoms with Crippen LogP contribution >= 0.6 is 11.6 Å².